The van der Waals surface area contributed by atoms with Crippen molar-refractivity contribution < 1.29 is 18.4 Å². The van der Waals surface area contributed by atoms with Gasteiger partial charge in [-0.15, -0.1) is 11.3 Å². The van der Waals surface area contributed by atoms with E-state index in [1.807, 2.05) is 35.2 Å². The van der Waals surface area contributed by atoms with Crippen molar-refractivity contribution in [2.75, 3.05) is 0 Å². The van der Waals surface area contributed by atoms with Crippen LogP contribution in [-0.4, -0.2) is 27.6 Å². The normalized spacial score (nSPS) is 17.5. The van der Waals surface area contributed by atoms with Crippen molar-refractivity contribution in [2.24, 2.45) is 5.92 Å². The Morgan fingerprint density at radius 3 is 2.45 bits per heavy atom. The van der Waals surface area contributed by atoms with Crippen LogP contribution in [0.5, 0.6) is 0 Å². The molecule has 0 spiro atoms. The Morgan fingerprint density at radius 2 is 1.74 bits per heavy atom. The van der Waals surface area contributed by atoms with Crippen LogP contribution in [0.1, 0.15) is 65.3 Å². The van der Waals surface area contributed by atoms with E-state index >= 15 is 0 Å². The van der Waals surface area contributed by atoms with Gasteiger partial charge in [-0.2, -0.15) is 0 Å². The summed E-state index contributed by atoms with van der Waals surface area (Å²) in [6.45, 7) is 4.02. The Morgan fingerprint density at radius 1 is 1.03 bits per heavy atom. The molecule has 38 heavy (non-hydrogen) atoms. The molecule has 1 aliphatic rings. The lowest BCUT2D eigenvalue weighted by Crippen LogP contribution is -2.41. The van der Waals surface area contributed by atoms with E-state index in [-0.39, 0.29) is 37.7 Å². The molecule has 0 aliphatic heterocycles. The minimum absolute atomic E-state index is 0.0106. The number of carbonyl (C=O) groups excluding carboxylic acids is 2. The third kappa shape index (κ3) is 5.22. The van der Waals surface area contributed by atoms with E-state index in [4.69, 9.17) is 11.6 Å². The van der Waals surface area contributed by atoms with E-state index in [0.717, 1.165) is 65.8 Å². The number of benzene rings is 2. The quantitative estimate of drug-likeness (QED) is 0.226. The minimum atomic E-state index is -0.644. The Labute approximate surface area is 229 Å². The topological polar surface area (TPSA) is 50.3 Å². The van der Waals surface area contributed by atoms with Gasteiger partial charge in [0, 0.05) is 25.7 Å². The summed E-state index contributed by atoms with van der Waals surface area (Å²) in [4.78, 5) is 31.9. The molecule has 2 aromatic heterocycles. The molecule has 1 aliphatic carbocycles. The Kier molecular flexibility index (Phi) is 7.59. The zero-order valence-corrected chi connectivity index (χ0v) is 22.7. The van der Waals surface area contributed by atoms with Gasteiger partial charge >= 0.3 is 0 Å². The second-order valence-electron chi connectivity index (χ2n) is 10.0. The molecule has 0 saturated heterocycles. The molecular weight excluding hydrogens is 526 g/mol. The maximum atomic E-state index is 14.5. The SMILES string of the molecule is CC(=O)c1cc(-c2cccc(CN(C(=O)c3sc4c(F)ccc(F)c4c3Cl)[C@H]3CC[C@H](C)CC3)c2)ccn1. The number of nitrogens with zero attached hydrogens (tertiary/aromatic N) is 2. The number of ketones is 1. The van der Waals surface area contributed by atoms with Gasteiger partial charge in [-0.1, -0.05) is 36.7 Å². The fourth-order valence-corrected chi connectivity index (χ4v) is 6.64. The summed E-state index contributed by atoms with van der Waals surface area (Å²) >= 11 is 7.41. The van der Waals surface area contributed by atoms with E-state index in [0.29, 0.717) is 18.2 Å². The molecule has 4 aromatic rings. The number of carbonyl (C=O) groups is 2. The first-order chi connectivity index (χ1) is 18.2. The van der Waals surface area contributed by atoms with Crippen LogP contribution in [-0.2, 0) is 6.54 Å². The zero-order valence-electron chi connectivity index (χ0n) is 21.1. The summed E-state index contributed by atoms with van der Waals surface area (Å²) in [5.41, 5.74) is 3.06. The van der Waals surface area contributed by atoms with Crippen LogP contribution in [0, 0.1) is 17.6 Å². The highest BCUT2D eigenvalue weighted by Gasteiger charge is 2.32. The average Bonchev–Trinajstić information content (AvgIpc) is 3.28. The van der Waals surface area contributed by atoms with Crippen LogP contribution in [0.2, 0.25) is 5.02 Å². The minimum Gasteiger partial charge on any atom is -0.331 e. The third-order valence-electron chi connectivity index (χ3n) is 7.30. The number of hydrogen-bond acceptors (Lipinski definition) is 4. The molecule has 1 amide bonds. The molecule has 5 rings (SSSR count). The van der Waals surface area contributed by atoms with Gasteiger partial charge in [0.25, 0.3) is 5.91 Å². The smallest absolute Gasteiger partial charge is 0.266 e. The van der Waals surface area contributed by atoms with Crippen LogP contribution >= 0.6 is 22.9 Å². The van der Waals surface area contributed by atoms with Gasteiger partial charge < -0.3 is 4.90 Å². The first-order valence-corrected chi connectivity index (χ1v) is 13.9. The molecule has 0 radical (unpaired) electrons. The van der Waals surface area contributed by atoms with Gasteiger partial charge in [0.2, 0.25) is 0 Å². The maximum absolute atomic E-state index is 14.5. The van der Waals surface area contributed by atoms with Crippen molar-refractivity contribution in [1.82, 2.24) is 9.88 Å². The van der Waals surface area contributed by atoms with E-state index in [1.54, 1.807) is 12.3 Å². The second-order valence-corrected chi connectivity index (χ2v) is 11.4. The van der Waals surface area contributed by atoms with Crippen LogP contribution in [0.4, 0.5) is 8.78 Å². The van der Waals surface area contributed by atoms with Gasteiger partial charge in [-0.25, -0.2) is 8.78 Å². The molecule has 0 unspecified atom stereocenters. The van der Waals surface area contributed by atoms with Gasteiger partial charge in [-0.05, 0) is 78.6 Å². The maximum Gasteiger partial charge on any atom is 0.266 e. The predicted molar refractivity (Wildman–Crippen MR) is 148 cm³/mol. The summed E-state index contributed by atoms with van der Waals surface area (Å²) in [6.07, 6.45) is 5.32. The number of amides is 1. The summed E-state index contributed by atoms with van der Waals surface area (Å²) < 4.78 is 29.1. The number of aromatic nitrogens is 1. The van der Waals surface area contributed by atoms with Crippen molar-refractivity contribution >= 4 is 44.7 Å². The molecule has 2 aromatic carbocycles. The van der Waals surface area contributed by atoms with E-state index < -0.39 is 11.6 Å². The molecule has 0 bridgehead atoms. The molecule has 1 fully saturated rings. The summed E-state index contributed by atoms with van der Waals surface area (Å²) in [6, 6.07) is 13.5. The number of thiophene rings is 1. The van der Waals surface area contributed by atoms with Crippen molar-refractivity contribution in [2.45, 2.75) is 52.1 Å². The van der Waals surface area contributed by atoms with Crippen LogP contribution < -0.4 is 0 Å². The number of pyridine rings is 1. The van der Waals surface area contributed by atoms with Crippen LogP contribution in [0.25, 0.3) is 21.2 Å². The fourth-order valence-electron chi connectivity index (χ4n) is 5.14. The highest BCUT2D eigenvalue weighted by atomic mass is 35.5. The third-order valence-corrected chi connectivity index (χ3v) is 8.97. The van der Waals surface area contributed by atoms with Gasteiger partial charge in [0.1, 0.15) is 22.2 Å². The van der Waals surface area contributed by atoms with Gasteiger partial charge in [-0.3, -0.25) is 14.6 Å². The van der Waals surface area contributed by atoms with Crippen LogP contribution in [0.3, 0.4) is 0 Å². The Balaban J connectivity index is 1.51. The zero-order chi connectivity index (χ0) is 27.0. The lowest BCUT2D eigenvalue weighted by atomic mass is 9.86. The standard InChI is InChI=1S/C30H27ClF2N2O2S/c1-17-6-8-22(9-7-17)35(30(37)29-27(31)26-23(32)10-11-24(33)28(26)38-29)16-19-4-3-5-20(14-19)21-12-13-34-25(15-21)18(2)36/h3-5,10-15,17,22H,6-9,16H2,1-2H3/t17-,22-. The number of rotatable bonds is 6. The largest absolute Gasteiger partial charge is 0.331 e. The Hall–Kier alpha value is -3.16. The van der Waals surface area contributed by atoms with E-state index in [1.165, 1.54) is 6.92 Å². The van der Waals surface area contributed by atoms with Crippen molar-refractivity contribution in [1.29, 1.82) is 0 Å². The van der Waals surface area contributed by atoms with Gasteiger partial charge in [0.05, 0.1) is 15.1 Å². The molecule has 196 valence electrons. The lowest BCUT2D eigenvalue weighted by molar-refractivity contribution is 0.0598. The number of hydrogen-bond donors (Lipinski definition) is 0. The lowest BCUT2D eigenvalue weighted by Gasteiger charge is -2.36. The monoisotopic (exact) mass is 552 g/mol. The number of fused-ring (bicyclic) bond motifs is 1. The fraction of sp³-hybridized carbons (Fsp3) is 0.300. The second kappa shape index (κ2) is 10.9. The highest BCUT2D eigenvalue weighted by Crippen LogP contribution is 2.40. The molecule has 4 nitrogen and oxygen atoms in total. The number of Topliss-reactive ketones (excluding diaryl/α,β-unsaturated/α-hetero) is 1. The van der Waals surface area contributed by atoms with E-state index in [2.05, 4.69) is 11.9 Å². The summed E-state index contributed by atoms with van der Waals surface area (Å²) in [5, 5.41) is -0.0818. The summed E-state index contributed by atoms with van der Waals surface area (Å²) in [7, 11) is 0. The van der Waals surface area contributed by atoms with Crippen molar-refractivity contribution in [3.63, 3.8) is 0 Å². The van der Waals surface area contributed by atoms with Crippen molar-refractivity contribution in [3.8, 4) is 11.1 Å². The molecule has 0 atom stereocenters. The molecule has 1 saturated carbocycles. The first-order valence-electron chi connectivity index (χ1n) is 12.7. The molecule has 2 heterocycles. The molecular formula is C30H27ClF2N2O2S. The number of halogens is 3. The summed E-state index contributed by atoms with van der Waals surface area (Å²) in [5.74, 6) is -1.08. The van der Waals surface area contributed by atoms with E-state index in [9.17, 15) is 18.4 Å². The molecule has 0 N–H and O–H groups in total. The highest BCUT2D eigenvalue weighted by molar-refractivity contribution is 7.21. The average molecular weight is 553 g/mol. The predicted octanol–water partition coefficient (Wildman–Crippen LogP) is 8.32. The first kappa shape index (κ1) is 26.4. The van der Waals surface area contributed by atoms with Crippen molar-refractivity contribution in [3.05, 3.63) is 87.5 Å². The van der Waals surface area contributed by atoms with Gasteiger partial charge in [0.15, 0.2) is 5.78 Å². The molecule has 8 heteroatoms. The van der Waals surface area contributed by atoms with Crippen LogP contribution in [0.15, 0.2) is 54.7 Å². The Bertz CT molecular complexity index is 1530.